The van der Waals surface area contributed by atoms with Crippen LogP contribution in [0.15, 0.2) is 42.5 Å². The third-order valence-electron chi connectivity index (χ3n) is 4.30. The minimum atomic E-state index is -0.314. The van der Waals surface area contributed by atoms with E-state index in [1.165, 1.54) is 12.1 Å². The fourth-order valence-corrected chi connectivity index (χ4v) is 3.29. The van der Waals surface area contributed by atoms with Gasteiger partial charge in [0.15, 0.2) is 0 Å². The van der Waals surface area contributed by atoms with Crippen molar-refractivity contribution >= 4 is 34.8 Å². The Morgan fingerprint density at radius 3 is 2.42 bits per heavy atom. The number of nitrogens with zero attached hydrogens (tertiary/aromatic N) is 2. The lowest BCUT2D eigenvalue weighted by atomic mass is 10.2. The Kier molecular flexibility index (Phi) is 6.22. The molecule has 4 nitrogen and oxygen atoms in total. The molecule has 0 atom stereocenters. The van der Waals surface area contributed by atoms with E-state index in [0.717, 1.165) is 5.69 Å². The van der Waals surface area contributed by atoms with Gasteiger partial charge in [-0.1, -0.05) is 29.3 Å². The zero-order chi connectivity index (χ0) is 18.5. The lowest BCUT2D eigenvalue weighted by Crippen LogP contribution is -2.49. The number of ether oxygens (including phenoxy) is 1. The first-order chi connectivity index (χ1) is 12.5. The van der Waals surface area contributed by atoms with Crippen molar-refractivity contribution < 1.29 is 13.9 Å². The molecule has 0 aliphatic carbocycles. The van der Waals surface area contributed by atoms with Crippen LogP contribution in [0.4, 0.5) is 10.1 Å². The second kappa shape index (κ2) is 8.60. The summed E-state index contributed by atoms with van der Waals surface area (Å²) >= 11 is 12.3. The summed E-state index contributed by atoms with van der Waals surface area (Å²) in [5.74, 6) is 0.287. The van der Waals surface area contributed by atoms with Crippen LogP contribution in [0.5, 0.6) is 5.75 Å². The lowest BCUT2D eigenvalue weighted by Gasteiger charge is -2.36. The van der Waals surface area contributed by atoms with E-state index in [9.17, 15) is 9.18 Å². The Morgan fingerprint density at radius 1 is 1.04 bits per heavy atom. The quantitative estimate of drug-likeness (QED) is 0.756. The number of anilines is 1. The van der Waals surface area contributed by atoms with Gasteiger partial charge in [0.1, 0.15) is 11.6 Å². The summed E-state index contributed by atoms with van der Waals surface area (Å²) in [5, 5.41) is 1.07. The molecule has 0 unspecified atom stereocenters. The van der Waals surface area contributed by atoms with Gasteiger partial charge in [0, 0.05) is 26.2 Å². The predicted molar refractivity (Wildman–Crippen MR) is 102 cm³/mol. The van der Waals surface area contributed by atoms with E-state index < -0.39 is 0 Å². The fraction of sp³-hybridized carbons (Fsp3) is 0.316. The van der Waals surface area contributed by atoms with Gasteiger partial charge < -0.3 is 14.5 Å². The van der Waals surface area contributed by atoms with Gasteiger partial charge in [-0.05, 0) is 36.4 Å². The smallest absolute Gasteiger partial charge is 0.226 e. The van der Waals surface area contributed by atoms with Crippen molar-refractivity contribution in [1.29, 1.82) is 0 Å². The second-order valence-corrected chi connectivity index (χ2v) is 6.78. The average molecular weight is 397 g/mol. The van der Waals surface area contributed by atoms with Crippen molar-refractivity contribution in [2.75, 3.05) is 37.7 Å². The Labute approximate surface area is 162 Å². The maximum atomic E-state index is 12.8. The zero-order valence-electron chi connectivity index (χ0n) is 14.1. The third-order valence-corrected chi connectivity index (χ3v) is 5.11. The largest absolute Gasteiger partial charge is 0.493 e. The molecule has 1 aliphatic rings. The van der Waals surface area contributed by atoms with Crippen LogP contribution >= 0.6 is 23.2 Å². The topological polar surface area (TPSA) is 32.8 Å². The van der Waals surface area contributed by atoms with Gasteiger partial charge in [0.2, 0.25) is 5.91 Å². The highest BCUT2D eigenvalue weighted by Crippen LogP contribution is 2.32. The number of rotatable bonds is 5. The van der Waals surface area contributed by atoms with Gasteiger partial charge >= 0.3 is 0 Å². The predicted octanol–water partition coefficient (Wildman–Crippen LogP) is 4.25. The first-order valence-corrected chi connectivity index (χ1v) is 9.15. The summed E-state index contributed by atoms with van der Waals surface area (Å²) in [4.78, 5) is 16.3. The summed E-state index contributed by atoms with van der Waals surface area (Å²) in [7, 11) is 0. The number of piperazine rings is 1. The summed E-state index contributed by atoms with van der Waals surface area (Å²) in [6, 6.07) is 11.3. The summed E-state index contributed by atoms with van der Waals surface area (Å²) < 4.78 is 18.3. The molecule has 26 heavy (non-hydrogen) atoms. The van der Waals surface area contributed by atoms with E-state index in [2.05, 4.69) is 4.90 Å². The highest BCUT2D eigenvalue weighted by Gasteiger charge is 2.22. The highest BCUT2D eigenvalue weighted by atomic mass is 35.5. The van der Waals surface area contributed by atoms with Crippen molar-refractivity contribution in [2.45, 2.75) is 6.42 Å². The van der Waals surface area contributed by atoms with E-state index in [1.807, 2.05) is 17.0 Å². The number of halogens is 3. The highest BCUT2D eigenvalue weighted by molar-refractivity contribution is 6.43. The molecule has 1 amide bonds. The number of hydrogen-bond donors (Lipinski definition) is 0. The standard InChI is InChI=1S/C19H19Cl2FN2O2/c20-16-2-1-3-17(19(16)21)23-9-11-24(12-10-23)18(25)8-13-26-15-6-4-14(22)5-7-15/h1-7H,8-13H2. The van der Waals surface area contributed by atoms with Crippen molar-refractivity contribution in [2.24, 2.45) is 0 Å². The molecule has 2 aromatic rings. The van der Waals surface area contributed by atoms with Crippen LogP contribution < -0.4 is 9.64 Å². The fourth-order valence-electron chi connectivity index (χ4n) is 2.88. The number of amides is 1. The number of carbonyl (C=O) groups is 1. The molecule has 2 aromatic carbocycles. The van der Waals surface area contributed by atoms with E-state index in [0.29, 0.717) is 42.0 Å². The molecule has 1 heterocycles. The summed E-state index contributed by atoms with van der Waals surface area (Å²) in [6.07, 6.45) is 0.287. The van der Waals surface area contributed by atoms with Crippen molar-refractivity contribution in [3.63, 3.8) is 0 Å². The maximum absolute atomic E-state index is 12.8. The van der Waals surface area contributed by atoms with Gasteiger partial charge in [-0.2, -0.15) is 0 Å². The Hall–Kier alpha value is -1.98. The van der Waals surface area contributed by atoms with Gasteiger partial charge in [-0.3, -0.25) is 4.79 Å². The van der Waals surface area contributed by atoms with Crippen molar-refractivity contribution in [3.8, 4) is 5.75 Å². The van der Waals surface area contributed by atoms with Crippen LogP contribution in [-0.4, -0.2) is 43.6 Å². The van der Waals surface area contributed by atoms with Gasteiger partial charge in [-0.25, -0.2) is 4.39 Å². The van der Waals surface area contributed by atoms with Crippen molar-refractivity contribution in [1.82, 2.24) is 4.90 Å². The molecule has 0 aromatic heterocycles. The Morgan fingerprint density at radius 2 is 1.73 bits per heavy atom. The van der Waals surface area contributed by atoms with Crippen molar-refractivity contribution in [3.05, 3.63) is 58.3 Å². The minimum Gasteiger partial charge on any atom is -0.493 e. The number of hydrogen-bond acceptors (Lipinski definition) is 3. The lowest BCUT2D eigenvalue weighted by molar-refractivity contribution is -0.132. The summed E-state index contributed by atoms with van der Waals surface area (Å²) in [5.41, 5.74) is 0.894. The van der Waals surface area contributed by atoms with Gasteiger partial charge in [-0.15, -0.1) is 0 Å². The second-order valence-electron chi connectivity index (χ2n) is 5.99. The van der Waals surface area contributed by atoms with Crippen LogP contribution in [0.25, 0.3) is 0 Å². The van der Waals surface area contributed by atoms with E-state index in [4.69, 9.17) is 27.9 Å². The molecular weight excluding hydrogens is 378 g/mol. The molecular formula is C19H19Cl2FN2O2. The molecule has 0 N–H and O–H groups in total. The van der Waals surface area contributed by atoms with E-state index >= 15 is 0 Å². The third kappa shape index (κ3) is 4.59. The molecule has 0 radical (unpaired) electrons. The molecule has 0 bridgehead atoms. The molecule has 1 fully saturated rings. The molecule has 1 saturated heterocycles. The SMILES string of the molecule is O=C(CCOc1ccc(F)cc1)N1CCN(c2cccc(Cl)c2Cl)CC1. The molecule has 7 heteroatoms. The van der Waals surface area contributed by atoms with E-state index in [-0.39, 0.29) is 24.8 Å². The summed E-state index contributed by atoms with van der Waals surface area (Å²) in [6.45, 7) is 2.91. The Bertz CT molecular complexity index is 763. The van der Waals surface area contributed by atoms with Crippen LogP contribution in [0.1, 0.15) is 6.42 Å². The minimum absolute atomic E-state index is 0.0453. The molecule has 1 aliphatic heterocycles. The van der Waals surface area contributed by atoms with E-state index in [1.54, 1.807) is 18.2 Å². The zero-order valence-corrected chi connectivity index (χ0v) is 15.6. The molecule has 0 spiro atoms. The van der Waals surface area contributed by atoms with Crippen LogP contribution in [0.2, 0.25) is 10.0 Å². The van der Waals surface area contributed by atoms with Gasteiger partial charge in [0.05, 0.1) is 28.8 Å². The number of benzene rings is 2. The normalized spacial score (nSPS) is 14.4. The van der Waals surface area contributed by atoms with Crippen LogP contribution in [0, 0.1) is 5.82 Å². The average Bonchev–Trinajstić information content (AvgIpc) is 2.66. The molecule has 0 saturated carbocycles. The number of carbonyl (C=O) groups excluding carboxylic acids is 1. The van der Waals surface area contributed by atoms with Crippen LogP contribution in [0.3, 0.4) is 0 Å². The first-order valence-electron chi connectivity index (χ1n) is 8.39. The van der Waals surface area contributed by atoms with Crippen LogP contribution in [-0.2, 0) is 4.79 Å². The maximum Gasteiger partial charge on any atom is 0.226 e. The molecule has 138 valence electrons. The first kappa shape index (κ1) is 18.8. The monoisotopic (exact) mass is 396 g/mol. The van der Waals surface area contributed by atoms with Gasteiger partial charge in [0.25, 0.3) is 0 Å². The Balaban J connectivity index is 1.46. The molecule has 3 rings (SSSR count).